The van der Waals surface area contributed by atoms with E-state index in [2.05, 4.69) is 0 Å². The summed E-state index contributed by atoms with van der Waals surface area (Å²) in [5, 5.41) is 20.1. The van der Waals surface area contributed by atoms with E-state index in [1.165, 1.54) is 0 Å². The summed E-state index contributed by atoms with van der Waals surface area (Å²) in [6.07, 6.45) is 0. The summed E-state index contributed by atoms with van der Waals surface area (Å²) in [5.74, 6) is 0.443. The van der Waals surface area contributed by atoms with E-state index < -0.39 is 0 Å². The van der Waals surface area contributed by atoms with Crippen molar-refractivity contribution in [1.82, 2.24) is 0 Å². The van der Waals surface area contributed by atoms with Gasteiger partial charge in [0, 0.05) is 11.1 Å². The lowest BCUT2D eigenvalue weighted by Gasteiger charge is -2.13. The summed E-state index contributed by atoms with van der Waals surface area (Å²) in [5.41, 5.74) is 4.23. The molecule has 0 amide bonds. The predicted molar refractivity (Wildman–Crippen MR) is 69.4 cm³/mol. The minimum atomic E-state index is 0.198. The first kappa shape index (κ1) is 11.5. The van der Waals surface area contributed by atoms with Crippen LogP contribution >= 0.6 is 0 Å². The minimum absolute atomic E-state index is 0.198. The van der Waals surface area contributed by atoms with Crippen LogP contribution in [0.1, 0.15) is 16.7 Å². The predicted octanol–water partition coefficient (Wildman–Crippen LogP) is 3.69. The highest BCUT2D eigenvalue weighted by atomic mass is 16.3. The molecular weight excluding hydrogens is 212 g/mol. The van der Waals surface area contributed by atoms with Gasteiger partial charge in [-0.15, -0.1) is 0 Å². The first-order valence-corrected chi connectivity index (χ1v) is 5.60. The van der Waals surface area contributed by atoms with Gasteiger partial charge in [-0.2, -0.15) is 0 Å². The number of aromatic hydroxyl groups is 2. The molecule has 2 nitrogen and oxygen atoms in total. The molecule has 2 aromatic carbocycles. The number of phenolic OH excluding ortho intramolecular Hbond substituents is 2. The van der Waals surface area contributed by atoms with Crippen LogP contribution in [0.2, 0.25) is 0 Å². The van der Waals surface area contributed by atoms with Crippen LogP contribution in [0, 0.1) is 20.8 Å². The minimum Gasteiger partial charge on any atom is -0.507 e. The Bertz CT molecular complexity index is 551. The van der Waals surface area contributed by atoms with Gasteiger partial charge in [0.25, 0.3) is 0 Å². The average molecular weight is 228 g/mol. The van der Waals surface area contributed by atoms with Gasteiger partial charge in [-0.05, 0) is 43.5 Å². The quantitative estimate of drug-likeness (QED) is 0.781. The van der Waals surface area contributed by atoms with Gasteiger partial charge in [0.2, 0.25) is 0 Å². The molecule has 0 saturated carbocycles. The van der Waals surface area contributed by atoms with Crippen LogP contribution in [0.4, 0.5) is 0 Å². The summed E-state index contributed by atoms with van der Waals surface area (Å²) in [4.78, 5) is 0. The van der Waals surface area contributed by atoms with Gasteiger partial charge in [-0.1, -0.05) is 24.3 Å². The molecule has 0 aromatic heterocycles. The van der Waals surface area contributed by atoms with Crippen molar-refractivity contribution in [1.29, 1.82) is 0 Å². The Balaban J connectivity index is 2.74. The second kappa shape index (κ2) is 4.13. The lowest BCUT2D eigenvalue weighted by Crippen LogP contribution is -1.89. The molecule has 0 aliphatic heterocycles. The third-order valence-corrected chi connectivity index (χ3v) is 3.22. The van der Waals surface area contributed by atoms with Crippen molar-refractivity contribution in [2.75, 3.05) is 0 Å². The Kier molecular flexibility index (Phi) is 2.80. The van der Waals surface area contributed by atoms with Crippen LogP contribution in [0.3, 0.4) is 0 Å². The van der Waals surface area contributed by atoms with Crippen LogP contribution in [0.15, 0.2) is 30.3 Å². The highest BCUT2D eigenvalue weighted by molar-refractivity contribution is 5.79. The third-order valence-electron chi connectivity index (χ3n) is 3.22. The van der Waals surface area contributed by atoms with E-state index in [9.17, 15) is 10.2 Å². The normalized spacial score (nSPS) is 10.5. The van der Waals surface area contributed by atoms with Crippen LogP contribution in [0.5, 0.6) is 11.5 Å². The van der Waals surface area contributed by atoms with E-state index in [1.807, 2.05) is 39.0 Å². The summed E-state index contributed by atoms with van der Waals surface area (Å²) < 4.78 is 0. The van der Waals surface area contributed by atoms with Gasteiger partial charge >= 0.3 is 0 Å². The van der Waals surface area contributed by atoms with E-state index in [0.717, 1.165) is 16.7 Å². The van der Waals surface area contributed by atoms with E-state index >= 15 is 0 Å². The maximum atomic E-state index is 10.2. The monoisotopic (exact) mass is 228 g/mol. The van der Waals surface area contributed by atoms with Crippen LogP contribution in [-0.2, 0) is 0 Å². The molecule has 88 valence electrons. The lowest BCUT2D eigenvalue weighted by molar-refractivity contribution is 0.466. The molecule has 0 fully saturated rings. The molecule has 2 heteroatoms. The summed E-state index contributed by atoms with van der Waals surface area (Å²) >= 11 is 0. The zero-order chi connectivity index (χ0) is 12.6. The second-order valence-electron chi connectivity index (χ2n) is 4.37. The number of phenols is 2. The van der Waals surface area contributed by atoms with E-state index in [4.69, 9.17) is 0 Å². The molecule has 0 atom stereocenters. The van der Waals surface area contributed by atoms with Crippen molar-refractivity contribution < 1.29 is 10.2 Å². The Morgan fingerprint density at radius 2 is 1.53 bits per heavy atom. The highest BCUT2D eigenvalue weighted by Gasteiger charge is 2.13. The van der Waals surface area contributed by atoms with Gasteiger partial charge in [0.15, 0.2) is 0 Å². The first-order chi connectivity index (χ1) is 8.02. The Morgan fingerprint density at radius 1 is 0.824 bits per heavy atom. The van der Waals surface area contributed by atoms with Gasteiger partial charge in [-0.3, -0.25) is 0 Å². The second-order valence-corrected chi connectivity index (χ2v) is 4.37. The standard InChI is InChI=1S/C15H16O2/c1-9-7-8-12(15(17)11(9)3)14-10(2)5-4-6-13(14)16/h4-8,16-17H,1-3H3. The highest BCUT2D eigenvalue weighted by Crippen LogP contribution is 2.39. The van der Waals surface area contributed by atoms with E-state index in [0.29, 0.717) is 11.1 Å². The summed E-state index contributed by atoms with van der Waals surface area (Å²) in [7, 11) is 0. The van der Waals surface area contributed by atoms with Gasteiger partial charge in [0.1, 0.15) is 11.5 Å². The van der Waals surface area contributed by atoms with Crippen LogP contribution in [-0.4, -0.2) is 10.2 Å². The SMILES string of the molecule is Cc1ccc(-c2c(C)cccc2O)c(O)c1C. The number of hydrogen-bond acceptors (Lipinski definition) is 2. The van der Waals surface area contributed by atoms with Crippen molar-refractivity contribution in [3.63, 3.8) is 0 Å². The topological polar surface area (TPSA) is 40.5 Å². The largest absolute Gasteiger partial charge is 0.507 e. The number of aryl methyl sites for hydroxylation is 2. The molecule has 0 aliphatic carbocycles. The van der Waals surface area contributed by atoms with Crippen molar-refractivity contribution in [2.24, 2.45) is 0 Å². The van der Waals surface area contributed by atoms with Crippen LogP contribution < -0.4 is 0 Å². The Morgan fingerprint density at radius 3 is 2.18 bits per heavy atom. The molecule has 17 heavy (non-hydrogen) atoms. The molecule has 2 N–H and O–H groups in total. The van der Waals surface area contributed by atoms with E-state index in [-0.39, 0.29) is 11.5 Å². The zero-order valence-corrected chi connectivity index (χ0v) is 10.3. The smallest absolute Gasteiger partial charge is 0.126 e. The zero-order valence-electron chi connectivity index (χ0n) is 10.3. The van der Waals surface area contributed by atoms with Crippen molar-refractivity contribution in [2.45, 2.75) is 20.8 Å². The number of hydrogen-bond donors (Lipinski definition) is 2. The molecule has 0 radical (unpaired) electrons. The van der Waals surface area contributed by atoms with Gasteiger partial charge in [-0.25, -0.2) is 0 Å². The fourth-order valence-corrected chi connectivity index (χ4v) is 2.01. The molecule has 0 heterocycles. The summed E-state index contributed by atoms with van der Waals surface area (Å²) in [6, 6.07) is 9.16. The average Bonchev–Trinajstić information content (AvgIpc) is 2.29. The Hall–Kier alpha value is -1.96. The molecule has 2 rings (SSSR count). The van der Waals surface area contributed by atoms with E-state index in [1.54, 1.807) is 12.1 Å². The Labute approximate surface area is 101 Å². The molecule has 0 bridgehead atoms. The van der Waals surface area contributed by atoms with Crippen molar-refractivity contribution in [3.05, 3.63) is 47.0 Å². The number of benzene rings is 2. The van der Waals surface area contributed by atoms with Crippen molar-refractivity contribution >= 4 is 0 Å². The van der Waals surface area contributed by atoms with Gasteiger partial charge in [0.05, 0.1) is 0 Å². The summed E-state index contributed by atoms with van der Waals surface area (Å²) in [6.45, 7) is 5.75. The first-order valence-electron chi connectivity index (χ1n) is 5.60. The fourth-order valence-electron chi connectivity index (χ4n) is 2.01. The maximum absolute atomic E-state index is 10.2. The fraction of sp³-hybridized carbons (Fsp3) is 0.200. The molecule has 0 aliphatic rings. The molecule has 0 unspecified atom stereocenters. The molecule has 0 saturated heterocycles. The molecule has 0 spiro atoms. The third kappa shape index (κ3) is 1.86. The maximum Gasteiger partial charge on any atom is 0.126 e. The number of rotatable bonds is 1. The molecular formula is C15H16O2. The molecule has 2 aromatic rings. The van der Waals surface area contributed by atoms with Crippen LogP contribution in [0.25, 0.3) is 11.1 Å². The van der Waals surface area contributed by atoms with Gasteiger partial charge < -0.3 is 10.2 Å². The lowest BCUT2D eigenvalue weighted by atomic mass is 9.95. The van der Waals surface area contributed by atoms with Crippen molar-refractivity contribution in [3.8, 4) is 22.6 Å².